The average Bonchev–Trinajstić information content (AvgIpc) is 2.37. The Bertz CT molecular complexity index is 440. The topological polar surface area (TPSA) is 64.6 Å². The van der Waals surface area contributed by atoms with Gasteiger partial charge in [-0.25, -0.2) is 4.79 Å². The molecule has 0 fully saturated rings. The molecule has 0 spiro atoms. The van der Waals surface area contributed by atoms with E-state index in [-0.39, 0.29) is 0 Å². The monoisotopic (exact) mass is 235 g/mol. The fourth-order valence-corrected chi connectivity index (χ4v) is 1.23. The van der Waals surface area contributed by atoms with Crippen LogP contribution in [0.2, 0.25) is 0 Å². The van der Waals surface area contributed by atoms with Crippen molar-refractivity contribution in [2.75, 3.05) is 19.5 Å². The van der Waals surface area contributed by atoms with Crippen molar-refractivity contribution in [2.24, 2.45) is 0 Å². The number of benzene rings is 1. The third-order valence-corrected chi connectivity index (χ3v) is 2.06. The van der Waals surface area contributed by atoms with Crippen LogP contribution in [0.1, 0.15) is 5.56 Å². The molecular weight excluding hydrogens is 222 g/mol. The van der Waals surface area contributed by atoms with E-state index in [1.54, 1.807) is 31.3 Å². The summed E-state index contributed by atoms with van der Waals surface area (Å²) in [6.45, 7) is 0.361. The summed E-state index contributed by atoms with van der Waals surface area (Å²) in [6.07, 6.45) is 2.92. The van der Waals surface area contributed by atoms with Crippen LogP contribution >= 0.6 is 0 Å². The first-order valence-electron chi connectivity index (χ1n) is 4.89. The lowest BCUT2D eigenvalue weighted by Gasteiger charge is -2.07. The van der Waals surface area contributed by atoms with Crippen LogP contribution in [-0.2, 0) is 14.3 Å². The quantitative estimate of drug-likeness (QED) is 0.475. The number of carbonyl (C=O) groups excluding carboxylic acids is 2. The van der Waals surface area contributed by atoms with Crippen molar-refractivity contribution >= 4 is 24.2 Å². The molecule has 90 valence electrons. The van der Waals surface area contributed by atoms with Crippen LogP contribution in [-0.4, -0.2) is 26.6 Å². The van der Waals surface area contributed by atoms with Gasteiger partial charge in [-0.2, -0.15) is 0 Å². The van der Waals surface area contributed by atoms with Crippen LogP contribution in [0.3, 0.4) is 0 Å². The Morgan fingerprint density at radius 3 is 2.76 bits per heavy atom. The third-order valence-electron chi connectivity index (χ3n) is 2.06. The highest BCUT2D eigenvalue weighted by Crippen LogP contribution is 2.25. The summed E-state index contributed by atoms with van der Waals surface area (Å²) in [5.41, 5.74) is 1.45. The van der Waals surface area contributed by atoms with Crippen molar-refractivity contribution in [3.63, 3.8) is 0 Å². The van der Waals surface area contributed by atoms with E-state index in [9.17, 15) is 9.59 Å². The summed E-state index contributed by atoms with van der Waals surface area (Å²) in [4.78, 5) is 21.2. The Morgan fingerprint density at radius 2 is 2.18 bits per heavy atom. The summed E-state index contributed by atoms with van der Waals surface area (Å²) in [5, 5.41) is 2.89. The van der Waals surface area contributed by atoms with Crippen molar-refractivity contribution in [3.05, 3.63) is 29.8 Å². The molecule has 17 heavy (non-hydrogen) atoms. The van der Waals surface area contributed by atoms with E-state index >= 15 is 0 Å². The van der Waals surface area contributed by atoms with Crippen LogP contribution in [0.5, 0.6) is 5.75 Å². The van der Waals surface area contributed by atoms with Gasteiger partial charge in [-0.1, -0.05) is 6.07 Å². The minimum atomic E-state index is -0.427. The van der Waals surface area contributed by atoms with Gasteiger partial charge in [-0.15, -0.1) is 0 Å². The lowest BCUT2D eigenvalue weighted by atomic mass is 10.1. The predicted molar refractivity (Wildman–Crippen MR) is 63.7 cm³/mol. The Balaban J connectivity index is 2.93. The molecule has 0 radical (unpaired) electrons. The zero-order valence-corrected chi connectivity index (χ0v) is 9.60. The molecule has 0 aliphatic heterocycles. The number of ether oxygens (including phenoxy) is 2. The van der Waals surface area contributed by atoms with Gasteiger partial charge in [0.1, 0.15) is 0 Å². The third kappa shape index (κ3) is 3.64. The molecule has 0 unspecified atom stereocenters. The lowest BCUT2D eigenvalue weighted by Crippen LogP contribution is -1.97. The van der Waals surface area contributed by atoms with Gasteiger partial charge in [-0.05, 0) is 23.8 Å². The number of nitrogens with one attached hydrogen (secondary N) is 1. The normalized spacial score (nSPS) is 10.0. The standard InChI is InChI=1S/C12H13NO4/c1-13-10-7-9(4-6-12(15)16-2)3-5-11(10)17-8-14/h3-8,13H,1-2H3/b6-4+. The molecule has 0 aliphatic carbocycles. The summed E-state index contributed by atoms with van der Waals surface area (Å²) < 4.78 is 9.25. The van der Waals surface area contributed by atoms with Gasteiger partial charge < -0.3 is 14.8 Å². The number of carbonyl (C=O) groups is 2. The summed E-state index contributed by atoms with van der Waals surface area (Å²) in [5.74, 6) is 0.00180. The van der Waals surface area contributed by atoms with Gasteiger partial charge in [0, 0.05) is 13.1 Å². The predicted octanol–water partition coefficient (Wildman–Crippen LogP) is 1.45. The van der Waals surface area contributed by atoms with Gasteiger partial charge in [0.15, 0.2) is 5.75 Å². The number of anilines is 1. The van der Waals surface area contributed by atoms with Crippen LogP contribution in [0, 0.1) is 0 Å². The highest BCUT2D eigenvalue weighted by atomic mass is 16.5. The van der Waals surface area contributed by atoms with Crippen LogP contribution < -0.4 is 10.1 Å². The number of hydrogen-bond donors (Lipinski definition) is 1. The SMILES string of the molecule is CNc1cc(/C=C/C(=O)OC)ccc1OC=O. The maximum Gasteiger partial charge on any atom is 0.330 e. The minimum Gasteiger partial charge on any atom is -0.466 e. The maximum atomic E-state index is 10.9. The first-order valence-corrected chi connectivity index (χ1v) is 4.89. The maximum absolute atomic E-state index is 10.9. The fourth-order valence-electron chi connectivity index (χ4n) is 1.23. The van der Waals surface area contributed by atoms with Gasteiger partial charge >= 0.3 is 5.97 Å². The first kappa shape index (κ1) is 12.8. The number of rotatable bonds is 5. The molecular formula is C12H13NO4. The average molecular weight is 235 g/mol. The zero-order valence-electron chi connectivity index (χ0n) is 9.60. The van der Waals surface area contributed by atoms with Crippen molar-refractivity contribution in [1.82, 2.24) is 0 Å². The Morgan fingerprint density at radius 1 is 1.41 bits per heavy atom. The summed E-state index contributed by atoms with van der Waals surface area (Å²) in [6, 6.07) is 5.11. The molecule has 0 saturated carbocycles. The molecule has 0 aliphatic rings. The van der Waals surface area contributed by atoms with E-state index in [0.717, 1.165) is 5.56 Å². The van der Waals surface area contributed by atoms with Crippen LogP contribution in [0.15, 0.2) is 24.3 Å². The van der Waals surface area contributed by atoms with Gasteiger partial charge in [0.25, 0.3) is 6.47 Å². The van der Waals surface area contributed by atoms with Gasteiger partial charge in [0.05, 0.1) is 12.8 Å². The van der Waals surface area contributed by atoms with Crippen molar-refractivity contribution in [1.29, 1.82) is 0 Å². The van der Waals surface area contributed by atoms with Crippen LogP contribution in [0.4, 0.5) is 5.69 Å². The highest BCUT2D eigenvalue weighted by molar-refractivity contribution is 5.87. The summed E-state index contributed by atoms with van der Waals surface area (Å²) in [7, 11) is 3.02. The second-order valence-corrected chi connectivity index (χ2v) is 3.08. The number of esters is 1. The smallest absolute Gasteiger partial charge is 0.330 e. The number of hydrogen-bond acceptors (Lipinski definition) is 5. The van der Waals surface area contributed by atoms with E-state index in [4.69, 9.17) is 4.74 Å². The molecule has 0 atom stereocenters. The lowest BCUT2D eigenvalue weighted by molar-refractivity contribution is -0.134. The molecule has 0 aromatic heterocycles. The molecule has 5 nitrogen and oxygen atoms in total. The van der Waals surface area contributed by atoms with Crippen molar-refractivity contribution in [3.8, 4) is 5.75 Å². The van der Waals surface area contributed by atoms with Crippen molar-refractivity contribution in [2.45, 2.75) is 0 Å². The summed E-state index contributed by atoms with van der Waals surface area (Å²) >= 11 is 0. The second kappa shape index (κ2) is 6.32. The van der Waals surface area contributed by atoms with Crippen molar-refractivity contribution < 1.29 is 19.1 Å². The van der Waals surface area contributed by atoms with E-state index in [0.29, 0.717) is 17.9 Å². The molecule has 0 heterocycles. The molecule has 0 amide bonds. The zero-order chi connectivity index (χ0) is 12.7. The minimum absolute atomic E-state index is 0.361. The molecule has 5 heteroatoms. The molecule has 0 bridgehead atoms. The van der Waals surface area contributed by atoms with Gasteiger partial charge in [0.2, 0.25) is 0 Å². The molecule has 1 N–H and O–H groups in total. The molecule has 1 aromatic carbocycles. The van der Waals surface area contributed by atoms with E-state index in [2.05, 4.69) is 10.1 Å². The molecule has 1 rings (SSSR count). The van der Waals surface area contributed by atoms with E-state index in [1.807, 2.05) is 0 Å². The van der Waals surface area contributed by atoms with Crippen LogP contribution in [0.25, 0.3) is 6.08 Å². The Hall–Kier alpha value is -2.30. The van der Waals surface area contributed by atoms with Gasteiger partial charge in [-0.3, -0.25) is 4.79 Å². The molecule has 1 aromatic rings. The molecule has 0 saturated heterocycles. The first-order chi connectivity index (χ1) is 8.21. The Labute approximate surface area is 99.0 Å². The Kier molecular flexibility index (Phi) is 4.75. The number of methoxy groups -OCH3 is 1. The highest BCUT2D eigenvalue weighted by Gasteiger charge is 2.02. The van der Waals surface area contributed by atoms with E-state index in [1.165, 1.54) is 13.2 Å². The fraction of sp³-hybridized carbons (Fsp3) is 0.167. The second-order valence-electron chi connectivity index (χ2n) is 3.08. The largest absolute Gasteiger partial charge is 0.466 e. The van der Waals surface area contributed by atoms with E-state index < -0.39 is 5.97 Å².